The molecule has 0 saturated carbocycles. The Balaban J connectivity index is 1.63. The van der Waals surface area contributed by atoms with Crippen molar-refractivity contribution in [2.45, 2.75) is 11.9 Å². The number of amides is 1. The molecule has 0 aliphatic heterocycles. The van der Waals surface area contributed by atoms with Crippen LogP contribution in [0.15, 0.2) is 59.8 Å². The van der Waals surface area contributed by atoms with Crippen molar-refractivity contribution in [2.75, 3.05) is 18.2 Å². The minimum Gasteiger partial charge on any atom is -0.494 e. The first kappa shape index (κ1) is 20.2. The lowest BCUT2D eigenvalue weighted by atomic mass is 10.2. The summed E-state index contributed by atoms with van der Waals surface area (Å²) in [6, 6.07) is 14.6. The monoisotopic (exact) mass is 439 g/mol. The number of aryl methyl sites for hydroxylation is 1. The van der Waals surface area contributed by atoms with Crippen molar-refractivity contribution >= 4 is 45.9 Å². The third-order valence-corrected chi connectivity index (χ3v) is 5.64. The van der Waals surface area contributed by atoms with E-state index in [1.807, 2.05) is 31.2 Å². The van der Waals surface area contributed by atoms with E-state index in [-0.39, 0.29) is 11.7 Å². The van der Waals surface area contributed by atoms with Gasteiger partial charge in [0.1, 0.15) is 22.0 Å². The van der Waals surface area contributed by atoms with Crippen LogP contribution in [-0.4, -0.2) is 38.7 Å². The number of methoxy groups -OCH3 is 1. The first-order chi connectivity index (χ1) is 14.6. The number of hydrogen-bond donors (Lipinski definition) is 1. The number of carbonyl (C=O) groups excluding carboxylic acids is 1. The maximum Gasteiger partial charge on any atom is 0.234 e. The topological polar surface area (TPSA) is 81.9 Å². The second-order valence-corrected chi connectivity index (χ2v) is 7.83. The van der Waals surface area contributed by atoms with Crippen molar-refractivity contribution in [3.05, 3.63) is 65.4 Å². The Bertz CT molecular complexity index is 1210. The molecule has 0 bridgehead atoms. The molecule has 0 unspecified atom stereocenters. The van der Waals surface area contributed by atoms with Crippen LogP contribution in [0.3, 0.4) is 0 Å². The number of carbonyl (C=O) groups is 1. The van der Waals surface area contributed by atoms with Gasteiger partial charge >= 0.3 is 0 Å². The van der Waals surface area contributed by atoms with Crippen LogP contribution in [0, 0.1) is 6.92 Å². The molecule has 2 aromatic heterocycles. The van der Waals surface area contributed by atoms with Gasteiger partial charge < -0.3 is 10.1 Å². The lowest BCUT2D eigenvalue weighted by molar-refractivity contribution is -0.113. The molecule has 0 radical (unpaired) electrons. The first-order valence-corrected chi connectivity index (χ1v) is 10.5. The van der Waals surface area contributed by atoms with Crippen molar-refractivity contribution < 1.29 is 9.53 Å². The summed E-state index contributed by atoms with van der Waals surface area (Å²) in [6.45, 7) is 1.88. The van der Waals surface area contributed by atoms with Crippen LogP contribution in [0.25, 0.3) is 16.6 Å². The van der Waals surface area contributed by atoms with Gasteiger partial charge in [0.15, 0.2) is 0 Å². The van der Waals surface area contributed by atoms with Gasteiger partial charge in [0, 0.05) is 16.1 Å². The quantitative estimate of drug-likeness (QED) is 0.445. The fraction of sp³-hybridized carbons (Fsp3) is 0.143. The number of para-hydroxylation sites is 2. The van der Waals surface area contributed by atoms with Gasteiger partial charge in [0.2, 0.25) is 5.91 Å². The number of anilines is 1. The third-order valence-electron chi connectivity index (χ3n) is 4.43. The van der Waals surface area contributed by atoms with Gasteiger partial charge in [-0.15, -0.1) is 5.10 Å². The number of halogens is 1. The summed E-state index contributed by atoms with van der Waals surface area (Å²) in [4.78, 5) is 12.4. The average molecular weight is 440 g/mol. The highest BCUT2D eigenvalue weighted by molar-refractivity contribution is 8.00. The Labute approximate surface area is 182 Å². The highest BCUT2D eigenvalue weighted by Crippen LogP contribution is 2.31. The predicted octanol–water partition coefficient (Wildman–Crippen LogP) is 4.52. The average Bonchev–Trinajstić information content (AvgIpc) is 3.21. The van der Waals surface area contributed by atoms with Crippen LogP contribution in [0.2, 0.25) is 5.02 Å². The minimum absolute atomic E-state index is 0.152. The lowest BCUT2D eigenvalue weighted by Crippen LogP contribution is -2.14. The summed E-state index contributed by atoms with van der Waals surface area (Å²) >= 11 is 7.19. The molecule has 152 valence electrons. The number of rotatable bonds is 6. The molecule has 0 aliphatic rings. The molecule has 4 aromatic rings. The molecule has 0 aliphatic carbocycles. The number of benzene rings is 2. The van der Waals surface area contributed by atoms with E-state index in [1.165, 1.54) is 11.8 Å². The zero-order valence-corrected chi connectivity index (χ0v) is 17.9. The van der Waals surface area contributed by atoms with Crippen LogP contribution < -0.4 is 10.1 Å². The van der Waals surface area contributed by atoms with E-state index in [0.29, 0.717) is 21.5 Å². The SMILES string of the molecule is COc1ccccc1-n1ncc2c(C)nnc(SCC(=O)Nc3ccc(Cl)cc3)c21. The van der Waals surface area contributed by atoms with Gasteiger partial charge in [0.25, 0.3) is 0 Å². The highest BCUT2D eigenvalue weighted by Gasteiger charge is 2.18. The second-order valence-electron chi connectivity index (χ2n) is 6.42. The number of hydrogen-bond acceptors (Lipinski definition) is 6. The zero-order valence-electron chi connectivity index (χ0n) is 16.3. The van der Waals surface area contributed by atoms with Crippen LogP contribution in [0.4, 0.5) is 5.69 Å². The van der Waals surface area contributed by atoms with Crippen molar-refractivity contribution in [3.8, 4) is 11.4 Å². The van der Waals surface area contributed by atoms with E-state index in [4.69, 9.17) is 16.3 Å². The molecule has 4 rings (SSSR count). The number of aromatic nitrogens is 4. The van der Waals surface area contributed by atoms with Gasteiger partial charge in [-0.1, -0.05) is 35.5 Å². The molecule has 9 heteroatoms. The largest absolute Gasteiger partial charge is 0.494 e. The van der Waals surface area contributed by atoms with E-state index >= 15 is 0 Å². The summed E-state index contributed by atoms with van der Waals surface area (Å²) in [5.41, 5.74) is 3.02. The summed E-state index contributed by atoms with van der Waals surface area (Å²) < 4.78 is 7.26. The maximum absolute atomic E-state index is 12.4. The number of thioether (sulfide) groups is 1. The number of fused-ring (bicyclic) bond motifs is 1. The van der Waals surface area contributed by atoms with Crippen LogP contribution >= 0.6 is 23.4 Å². The van der Waals surface area contributed by atoms with Gasteiger partial charge in [0.05, 0.1) is 24.8 Å². The van der Waals surface area contributed by atoms with Crippen molar-refractivity contribution in [1.29, 1.82) is 0 Å². The van der Waals surface area contributed by atoms with Crippen LogP contribution in [0.5, 0.6) is 5.75 Å². The van der Waals surface area contributed by atoms with Crippen molar-refractivity contribution in [2.24, 2.45) is 0 Å². The van der Waals surface area contributed by atoms with Gasteiger partial charge in [-0.25, -0.2) is 4.68 Å². The number of nitrogens with zero attached hydrogens (tertiary/aromatic N) is 4. The van der Waals surface area contributed by atoms with Crippen molar-refractivity contribution in [1.82, 2.24) is 20.0 Å². The molecule has 0 atom stereocenters. The standard InChI is InChI=1S/C21H18ClN5O2S/c1-13-16-11-23-27(17-5-3-4-6-18(17)29-2)20(16)21(26-25-13)30-12-19(28)24-15-9-7-14(22)8-10-15/h3-11H,12H2,1-2H3,(H,24,28). The maximum atomic E-state index is 12.4. The van der Waals surface area contributed by atoms with Crippen LogP contribution in [0.1, 0.15) is 5.69 Å². The number of nitrogens with one attached hydrogen (secondary N) is 1. The van der Waals surface area contributed by atoms with E-state index in [0.717, 1.165) is 22.3 Å². The molecule has 0 spiro atoms. The highest BCUT2D eigenvalue weighted by atomic mass is 35.5. The zero-order chi connectivity index (χ0) is 21.1. The Hall–Kier alpha value is -3.10. The van der Waals surface area contributed by atoms with Gasteiger partial charge in [-0.2, -0.15) is 10.2 Å². The Morgan fingerprint density at radius 1 is 1.17 bits per heavy atom. The third kappa shape index (κ3) is 4.10. The lowest BCUT2D eigenvalue weighted by Gasteiger charge is -2.11. The van der Waals surface area contributed by atoms with Crippen LogP contribution in [-0.2, 0) is 4.79 Å². The smallest absolute Gasteiger partial charge is 0.234 e. The molecular weight excluding hydrogens is 422 g/mol. The van der Waals surface area contributed by atoms with Gasteiger partial charge in [-0.3, -0.25) is 4.79 Å². The van der Waals surface area contributed by atoms with E-state index in [2.05, 4.69) is 20.6 Å². The summed E-state index contributed by atoms with van der Waals surface area (Å²) in [5.74, 6) is 0.710. The van der Waals surface area contributed by atoms with Gasteiger partial charge in [-0.05, 0) is 43.3 Å². The minimum atomic E-state index is -0.152. The Kier molecular flexibility index (Phi) is 5.87. The molecule has 1 amide bonds. The molecule has 1 N–H and O–H groups in total. The Morgan fingerprint density at radius 3 is 2.70 bits per heavy atom. The summed E-state index contributed by atoms with van der Waals surface area (Å²) in [5, 5.41) is 18.0. The molecular formula is C21H18ClN5O2S. The molecule has 30 heavy (non-hydrogen) atoms. The summed E-state index contributed by atoms with van der Waals surface area (Å²) in [6.07, 6.45) is 1.75. The number of ether oxygens (including phenoxy) is 1. The Morgan fingerprint density at radius 2 is 1.93 bits per heavy atom. The second kappa shape index (κ2) is 8.73. The van der Waals surface area contributed by atoms with Crippen molar-refractivity contribution in [3.63, 3.8) is 0 Å². The first-order valence-electron chi connectivity index (χ1n) is 9.09. The predicted molar refractivity (Wildman–Crippen MR) is 119 cm³/mol. The van der Waals surface area contributed by atoms with E-state index in [9.17, 15) is 4.79 Å². The fourth-order valence-corrected chi connectivity index (χ4v) is 3.89. The molecule has 2 heterocycles. The molecule has 0 fully saturated rings. The fourth-order valence-electron chi connectivity index (χ4n) is 2.99. The normalized spacial score (nSPS) is 10.9. The molecule has 7 nitrogen and oxygen atoms in total. The summed E-state index contributed by atoms with van der Waals surface area (Å²) in [7, 11) is 1.62. The van der Waals surface area contributed by atoms with E-state index in [1.54, 1.807) is 42.3 Å². The van der Waals surface area contributed by atoms with E-state index < -0.39 is 0 Å². The molecule has 0 saturated heterocycles. The molecule has 2 aromatic carbocycles.